The Morgan fingerprint density at radius 1 is 1.52 bits per heavy atom. The van der Waals surface area contributed by atoms with Gasteiger partial charge in [0.1, 0.15) is 0 Å². The van der Waals surface area contributed by atoms with Crippen molar-refractivity contribution in [3.63, 3.8) is 0 Å². The minimum absolute atomic E-state index is 0.149. The zero-order valence-electron chi connectivity index (χ0n) is 11.3. The van der Waals surface area contributed by atoms with Crippen molar-refractivity contribution in [2.75, 3.05) is 0 Å². The average Bonchev–Trinajstić information content (AvgIpc) is 2.79. The van der Waals surface area contributed by atoms with E-state index in [4.69, 9.17) is 16.7 Å². The fourth-order valence-corrected chi connectivity index (χ4v) is 3.08. The maximum absolute atomic E-state index is 11.6. The predicted octanol–water partition coefficient (Wildman–Crippen LogP) is 2.63. The van der Waals surface area contributed by atoms with Crippen LogP contribution >= 0.6 is 23.4 Å². The van der Waals surface area contributed by atoms with Gasteiger partial charge in [-0.2, -0.15) is 0 Å². The smallest absolute Gasteiger partial charge is 0.343 e. The van der Waals surface area contributed by atoms with Crippen LogP contribution in [-0.2, 0) is 12.3 Å². The number of nitrogens with one attached hydrogen (secondary N) is 1. The highest BCUT2D eigenvalue weighted by Gasteiger charge is 2.11. The Kier molecular flexibility index (Phi) is 5.08. The summed E-state index contributed by atoms with van der Waals surface area (Å²) < 4.78 is 1.57. The minimum atomic E-state index is -1.01. The van der Waals surface area contributed by atoms with Crippen molar-refractivity contribution in [2.24, 2.45) is 0 Å². The van der Waals surface area contributed by atoms with E-state index in [1.807, 2.05) is 6.92 Å². The molecule has 0 unspecified atom stereocenters. The average molecular weight is 328 g/mol. The molecule has 21 heavy (non-hydrogen) atoms. The third kappa shape index (κ3) is 3.68. The van der Waals surface area contributed by atoms with Crippen LogP contribution in [0.3, 0.4) is 0 Å². The van der Waals surface area contributed by atoms with Gasteiger partial charge in [-0.3, -0.25) is 4.57 Å². The number of benzene rings is 1. The fraction of sp³-hybridized carbons (Fsp3) is 0.308. The number of hydrogen-bond donors (Lipinski definition) is 2. The summed E-state index contributed by atoms with van der Waals surface area (Å²) in [6.07, 6.45) is 0.834. The molecule has 0 bridgehead atoms. The van der Waals surface area contributed by atoms with Gasteiger partial charge in [0.2, 0.25) is 0 Å². The first-order valence-electron chi connectivity index (χ1n) is 6.32. The van der Waals surface area contributed by atoms with E-state index in [0.717, 1.165) is 12.0 Å². The Hall–Kier alpha value is -1.73. The molecule has 0 aliphatic heterocycles. The van der Waals surface area contributed by atoms with Crippen molar-refractivity contribution in [1.29, 1.82) is 0 Å². The van der Waals surface area contributed by atoms with Crippen LogP contribution in [-0.4, -0.2) is 25.8 Å². The highest BCUT2D eigenvalue weighted by atomic mass is 35.5. The second kappa shape index (κ2) is 6.82. The van der Waals surface area contributed by atoms with Gasteiger partial charge in [0.25, 0.3) is 0 Å². The third-order valence-corrected chi connectivity index (χ3v) is 4.20. The van der Waals surface area contributed by atoms with E-state index in [0.29, 0.717) is 22.5 Å². The van der Waals surface area contributed by atoms with Crippen molar-refractivity contribution in [3.05, 3.63) is 44.8 Å². The van der Waals surface area contributed by atoms with Crippen LogP contribution in [0.4, 0.5) is 0 Å². The van der Waals surface area contributed by atoms with Crippen molar-refractivity contribution in [2.45, 2.75) is 30.8 Å². The molecule has 0 radical (unpaired) electrons. The summed E-state index contributed by atoms with van der Waals surface area (Å²) >= 11 is 7.45. The number of carboxylic acids is 1. The summed E-state index contributed by atoms with van der Waals surface area (Å²) in [5.74, 6) is -0.507. The zero-order chi connectivity index (χ0) is 15.4. The number of halogens is 1. The molecule has 0 saturated carbocycles. The number of carbonyl (C=O) groups is 1. The summed E-state index contributed by atoms with van der Waals surface area (Å²) in [7, 11) is 0. The molecule has 2 aromatic rings. The highest BCUT2D eigenvalue weighted by Crippen LogP contribution is 2.26. The molecule has 0 fully saturated rings. The van der Waals surface area contributed by atoms with Crippen LogP contribution in [0.25, 0.3) is 0 Å². The second-order valence-electron chi connectivity index (χ2n) is 4.36. The molecule has 8 heteroatoms. The van der Waals surface area contributed by atoms with Crippen LogP contribution in [0.5, 0.6) is 0 Å². The maximum Gasteiger partial charge on any atom is 0.343 e. The van der Waals surface area contributed by atoms with E-state index in [2.05, 4.69) is 10.2 Å². The van der Waals surface area contributed by atoms with E-state index in [1.54, 1.807) is 10.6 Å². The molecular weight excluding hydrogens is 314 g/mol. The number of thioether (sulfide) groups is 1. The molecule has 0 spiro atoms. The first kappa shape index (κ1) is 15.7. The Balaban J connectivity index is 2.13. The molecular formula is C13H14ClN3O3S. The molecule has 6 nitrogen and oxygen atoms in total. The predicted molar refractivity (Wildman–Crippen MR) is 81.1 cm³/mol. The number of aromatic amines is 1. The third-order valence-electron chi connectivity index (χ3n) is 2.83. The summed E-state index contributed by atoms with van der Waals surface area (Å²) in [5, 5.41) is 16.3. The van der Waals surface area contributed by atoms with Gasteiger partial charge < -0.3 is 5.11 Å². The molecule has 1 aromatic heterocycles. The monoisotopic (exact) mass is 327 g/mol. The van der Waals surface area contributed by atoms with Crippen LogP contribution in [0, 0.1) is 0 Å². The lowest BCUT2D eigenvalue weighted by Crippen LogP contribution is -2.17. The number of aromatic nitrogens is 3. The lowest BCUT2D eigenvalue weighted by atomic mass is 10.1. The normalized spacial score (nSPS) is 10.8. The van der Waals surface area contributed by atoms with Gasteiger partial charge in [0.15, 0.2) is 5.16 Å². The van der Waals surface area contributed by atoms with Gasteiger partial charge >= 0.3 is 11.7 Å². The van der Waals surface area contributed by atoms with E-state index in [-0.39, 0.29) is 11.3 Å². The summed E-state index contributed by atoms with van der Waals surface area (Å²) in [6.45, 7) is 2.58. The number of rotatable bonds is 6. The number of aromatic carboxylic acids is 1. The first-order chi connectivity index (χ1) is 10.0. The number of nitrogens with zero attached hydrogens (tertiary/aromatic N) is 2. The molecule has 2 N–H and O–H groups in total. The molecule has 0 aliphatic rings. The number of hydrogen-bond acceptors (Lipinski definition) is 4. The SMILES string of the molecule is CCCn1c(SCc2ccc(C(=O)O)cc2Cl)n[nH]c1=O. The fourth-order valence-electron chi connectivity index (χ4n) is 1.77. The number of carboxylic acid groups (broad SMARTS) is 1. The molecule has 2 rings (SSSR count). The summed E-state index contributed by atoms with van der Waals surface area (Å²) in [4.78, 5) is 22.4. The lowest BCUT2D eigenvalue weighted by Gasteiger charge is -2.06. The van der Waals surface area contributed by atoms with E-state index >= 15 is 0 Å². The molecule has 1 heterocycles. The van der Waals surface area contributed by atoms with Gasteiger partial charge in [0.05, 0.1) is 5.56 Å². The molecule has 0 aliphatic carbocycles. The first-order valence-corrected chi connectivity index (χ1v) is 7.69. The standard InChI is InChI=1S/C13H14ClN3O3S/c1-2-5-17-12(20)15-16-13(17)21-7-9-4-3-8(11(18)19)6-10(9)14/h3-4,6H,2,5,7H2,1H3,(H,15,20)(H,18,19). The van der Waals surface area contributed by atoms with Gasteiger partial charge in [0, 0.05) is 17.3 Å². The van der Waals surface area contributed by atoms with Gasteiger partial charge in [-0.1, -0.05) is 36.4 Å². The Bertz CT molecular complexity index is 711. The van der Waals surface area contributed by atoms with Crippen LogP contribution in [0.15, 0.2) is 28.2 Å². The van der Waals surface area contributed by atoms with E-state index in [9.17, 15) is 9.59 Å². The highest BCUT2D eigenvalue weighted by molar-refractivity contribution is 7.98. The zero-order valence-corrected chi connectivity index (χ0v) is 12.9. The molecule has 0 atom stereocenters. The lowest BCUT2D eigenvalue weighted by molar-refractivity contribution is 0.0697. The Morgan fingerprint density at radius 3 is 2.90 bits per heavy atom. The van der Waals surface area contributed by atoms with Crippen molar-refractivity contribution < 1.29 is 9.90 Å². The maximum atomic E-state index is 11.6. The molecule has 1 aromatic carbocycles. The summed E-state index contributed by atoms with van der Waals surface area (Å²) in [5.41, 5.74) is 0.716. The largest absolute Gasteiger partial charge is 0.478 e. The number of H-pyrrole nitrogens is 1. The quantitative estimate of drug-likeness (QED) is 0.796. The van der Waals surface area contributed by atoms with Gasteiger partial charge in [-0.05, 0) is 24.1 Å². The molecule has 112 valence electrons. The van der Waals surface area contributed by atoms with Crippen LogP contribution < -0.4 is 5.69 Å². The second-order valence-corrected chi connectivity index (χ2v) is 5.71. The summed E-state index contributed by atoms with van der Waals surface area (Å²) in [6, 6.07) is 4.60. The Labute approximate surface area is 130 Å². The van der Waals surface area contributed by atoms with Gasteiger partial charge in [-0.25, -0.2) is 14.7 Å². The van der Waals surface area contributed by atoms with Crippen molar-refractivity contribution >= 4 is 29.3 Å². The minimum Gasteiger partial charge on any atom is -0.478 e. The molecule has 0 saturated heterocycles. The topological polar surface area (TPSA) is 88.0 Å². The van der Waals surface area contributed by atoms with Crippen LogP contribution in [0.2, 0.25) is 5.02 Å². The van der Waals surface area contributed by atoms with E-state index in [1.165, 1.54) is 23.9 Å². The molecule has 0 amide bonds. The van der Waals surface area contributed by atoms with Crippen LogP contribution in [0.1, 0.15) is 29.3 Å². The Morgan fingerprint density at radius 2 is 2.29 bits per heavy atom. The van der Waals surface area contributed by atoms with E-state index < -0.39 is 5.97 Å². The van der Waals surface area contributed by atoms with Crippen molar-refractivity contribution in [3.8, 4) is 0 Å². The van der Waals surface area contributed by atoms with Crippen molar-refractivity contribution in [1.82, 2.24) is 14.8 Å². The van der Waals surface area contributed by atoms with Gasteiger partial charge in [-0.15, -0.1) is 5.10 Å².